The van der Waals surface area contributed by atoms with E-state index in [1.54, 1.807) is 13.2 Å². The van der Waals surface area contributed by atoms with Gasteiger partial charge in [0, 0.05) is 32.8 Å². The maximum absolute atomic E-state index is 13.0. The van der Waals surface area contributed by atoms with Gasteiger partial charge in [0.15, 0.2) is 0 Å². The Morgan fingerprint density at radius 1 is 1.31 bits per heavy atom. The van der Waals surface area contributed by atoms with Crippen molar-refractivity contribution < 1.29 is 14.3 Å². The van der Waals surface area contributed by atoms with E-state index in [1.165, 1.54) is 5.57 Å². The monoisotopic (exact) mass is 357 g/mol. The number of nitrogens with zero attached hydrogens (tertiary/aromatic N) is 3. The van der Waals surface area contributed by atoms with E-state index in [1.807, 2.05) is 35.8 Å². The molecule has 26 heavy (non-hydrogen) atoms. The summed E-state index contributed by atoms with van der Waals surface area (Å²) < 4.78 is 5.10. The van der Waals surface area contributed by atoms with E-state index in [0.717, 1.165) is 18.5 Å². The predicted octanol–water partition coefficient (Wildman–Crippen LogP) is 2.26. The minimum absolute atomic E-state index is 0.0861. The number of piperidine rings is 1. The van der Waals surface area contributed by atoms with E-state index in [-0.39, 0.29) is 23.8 Å². The number of pyridine rings is 1. The lowest BCUT2D eigenvalue weighted by atomic mass is 9.94. The van der Waals surface area contributed by atoms with E-state index in [0.29, 0.717) is 31.9 Å². The zero-order chi connectivity index (χ0) is 18.7. The number of amides is 2. The number of hydrogen-bond donors (Lipinski definition) is 0. The molecule has 2 amide bonds. The molecular formula is C20H27N3O3. The van der Waals surface area contributed by atoms with Crippen LogP contribution in [0.4, 0.5) is 0 Å². The molecular weight excluding hydrogens is 330 g/mol. The fourth-order valence-electron chi connectivity index (χ4n) is 3.72. The molecule has 0 spiro atoms. The van der Waals surface area contributed by atoms with Gasteiger partial charge in [0.25, 0.3) is 5.91 Å². The molecule has 140 valence electrons. The summed E-state index contributed by atoms with van der Waals surface area (Å²) in [5, 5.41) is 0. The average Bonchev–Trinajstić information content (AvgIpc) is 2.91. The lowest BCUT2D eigenvalue weighted by Gasteiger charge is -2.35. The molecule has 4 rings (SSSR count). The molecule has 0 aliphatic carbocycles. The molecule has 2 bridgehead atoms. The maximum Gasteiger partial charge on any atom is 0.272 e. The van der Waals surface area contributed by atoms with Gasteiger partial charge in [-0.15, -0.1) is 0 Å². The van der Waals surface area contributed by atoms with Crippen LogP contribution in [0, 0.1) is 5.92 Å². The highest BCUT2D eigenvalue weighted by Gasteiger charge is 2.41. The summed E-state index contributed by atoms with van der Waals surface area (Å²) >= 11 is 0. The molecule has 6 heteroatoms. The summed E-state index contributed by atoms with van der Waals surface area (Å²) in [7, 11) is 1.61. The Bertz CT molecular complexity index is 712. The second-order valence-electron chi connectivity index (χ2n) is 7.36. The second kappa shape index (κ2) is 7.99. The smallest absolute Gasteiger partial charge is 0.272 e. The second-order valence-corrected chi connectivity index (χ2v) is 7.36. The number of carbonyl (C=O) groups is 2. The van der Waals surface area contributed by atoms with Crippen molar-refractivity contribution in [3.8, 4) is 0 Å². The average molecular weight is 357 g/mol. The van der Waals surface area contributed by atoms with Crippen molar-refractivity contribution in [2.45, 2.75) is 39.3 Å². The van der Waals surface area contributed by atoms with Crippen LogP contribution in [0.1, 0.15) is 42.9 Å². The lowest BCUT2D eigenvalue weighted by Crippen LogP contribution is -2.48. The van der Waals surface area contributed by atoms with Crippen LogP contribution in [0.3, 0.4) is 0 Å². The summed E-state index contributed by atoms with van der Waals surface area (Å²) in [6.07, 6.45) is 3.89. The molecule has 3 aliphatic rings. The Morgan fingerprint density at radius 3 is 2.85 bits per heavy atom. The Labute approximate surface area is 154 Å². The van der Waals surface area contributed by atoms with Crippen molar-refractivity contribution in [2.24, 2.45) is 5.92 Å². The van der Waals surface area contributed by atoms with Crippen molar-refractivity contribution in [1.82, 2.24) is 14.8 Å². The largest absolute Gasteiger partial charge is 0.378 e. The van der Waals surface area contributed by atoms with Gasteiger partial charge >= 0.3 is 0 Å². The van der Waals surface area contributed by atoms with Crippen LogP contribution in [0.2, 0.25) is 0 Å². The third-order valence-corrected chi connectivity index (χ3v) is 5.09. The van der Waals surface area contributed by atoms with Gasteiger partial charge in [-0.1, -0.05) is 17.7 Å². The van der Waals surface area contributed by atoms with Gasteiger partial charge in [0.05, 0.1) is 18.2 Å². The quantitative estimate of drug-likeness (QED) is 0.759. The van der Waals surface area contributed by atoms with Gasteiger partial charge in [0.1, 0.15) is 5.69 Å². The van der Waals surface area contributed by atoms with Crippen LogP contribution >= 0.6 is 0 Å². The van der Waals surface area contributed by atoms with Gasteiger partial charge in [-0.25, -0.2) is 4.98 Å². The molecule has 0 radical (unpaired) electrons. The SMILES string of the molecule is COCc1cccc(C(=O)N2C[C@@H]3CC[C@H](C2)N(CC=C(C)C)C3=O)n1. The maximum atomic E-state index is 13.0. The summed E-state index contributed by atoms with van der Waals surface area (Å²) in [5.74, 6) is -0.0303. The standard InChI is InChI=1S/C20H27N3O3/c1-14(2)9-10-23-17-8-7-15(19(23)24)11-22(12-17)20(25)18-6-4-5-16(21-18)13-26-3/h4-6,9,15,17H,7-8,10-13H2,1-3H3/t15-,17+/m0/s1. The molecule has 6 nitrogen and oxygen atoms in total. The zero-order valence-corrected chi connectivity index (χ0v) is 15.8. The number of methoxy groups -OCH3 is 1. The van der Waals surface area contributed by atoms with Crippen molar-refractivity contribution in [3.63, 3.8) is 0 Å². The normalized spacial score (nSPS) is 22.3. The van der Waals surface area contributed by atoms with Crippen LogP contribution in [-0.4, -0.2) is 59.4 Å². The van der Waals surface area contributed by atoms with E-state index < -0.39 is 0 Å². The first-order valence-electron chi connectivity index (χ1n) is 9.17. The minimum atomic E-state index is -0.106. The Kier molecular flexibility index (Phi) is 5.71. The number of carbonyl (C=O) groups excluding carboxylic acids is 2. The highest BCUT2D eigenvalue weighted by Crippen LogP contribution is 2.29. The molecule has 0 N–H and O–H groups in total. The zero-order valence-electron chi connectivity index (χ0n) is 15.8. The van der Waals surface area contributed by atoms with E-state index in [2.05, 4.69) is 11.1 Å². The van der Waals surface area contributed by atoms with Crippen LogP contribution in [0.5, 0.6) is 0 Å². The number of hydrogen-bond acceptors (Lipinski definition) is 4. The van der Waals surface area contributed by atoms with Gasteiger partial charge in [-0.3, -0.25) is 9.59 Å². The van der Waals surface area contributed by atoms with Crippen LogP contribution in [0.25, 0.3) is 0 Å². The molecule has 2 atom stereocenters. The molecule has 0 saturated carbocycles. The Hall–Kier alpha value is -2.21. The Balaban J connectivity index is 1.78. The van der Waals surface area contributed by atoms with Crippen molar-refractivity contribution >= 4 is 11.8 Å². The minimum Gasteiger partial charge on any atom is -0.378 e. The number of ether oxygens (including phenoxy) is 1. The van der Waals surface area contributed by atoms with E-state index in [4.69, 9.17) is 4.74 Å². The molecule has 0 unspecified atom stereocenters. The first-order chi connectivity index (χ1) is 12.5. The number of aromatic nitrogens is 1. The van der Waals surface area contributed by atoms with E-state index >= 15 is 0 Å². The fraction of sp³-hybridized carbons (Fsp3) is 0.550. The molecule has 0 aromatic carbocycles. The number of allylic oxidation sites excluding steroid dienone is 1. The lowest BCUT2D eigenvalue weighted by molar-refractivity contribution is -0.139. The molecule has 3 saturated heterocycles. The number of rotatable bonds is 5. The third kappa shape index (κ3) is 3.96. The fourth-order valence-corrected chi connectivity index (χ4v) is 3.72. The van der Waals surface area contributed by atoms with Crippen molar-refractivity contribution in [1.29, 1.82) is 0 Å². The van der Waals surface area contributed by atoms with Gasteiger partial charge < -0.3 is 14.5 Å². The summed E-state index contributed by atoms with van der Waals surface area (Å²) in [4.78, 5) is 33.9. The highest BCUT2D eigenvalue weighted by molar-refractivity contribution is 5.93. The van der Waals surface area contributed by atoms with Gasteiger partial charge in [-0.05, 0) is 38.8 Å². The molecule has 4 heterocycles. The summed E-state index contributed by atoms with van der Waals surface area (Å²) in [6, 6.07) is 5.49. The Morgan fingerprint density at radius 2 is 2.12 bits per heavy atom. The first kappa shape index (κ1) is 18.6. The molecule has 1 aromatic heterocycles. The van der Waals surface area contributed by atoms with Crippen molar-refractivity contribution in [3.05, 3.63) is 41.2 Å². The molecule has 3 aliphatic heterocycles. The molecule has 1 aromatic rings. The highest BCUT2D eigenvalue weighted by atomic mass is 16.5. The van der Waals surface area contributed by atoms with Crippen molar-refractivity contribution in [2.75, 3.05) is 26.7 Å². The summed E-state index contributed by atoms with van der Waals surface area (Å²) in [5.41, 5.74) is 2.35. The first-order valence-corrected chi connectivity index (χ1v) is 9.17. The number of fused-ring (bicyclic) bond motifs is 4. The van der Waals surface area contributed by atoms with Gasteiger partial charge in [-0.2, -0.15) is 0 Å². The van der Waals surface area contributed by atoms with Crippen LogP contribution in [0.15, 0.2) is 29.8 Å². The third-order valence-electron chi connectivity index (χ3n) is 5.09. The predicted molar refractivity (Wildman–Crippen MR) is 98.5 cm³/mol. The van der Waals surface area contributed by atoms with Crippen LogP contribution in [-0.2, 0) is 16.1 Å². The van der Waals surface area contributed by atoms with E-state index in [9.17, 15) is 9.59 Å². The molecule has 3 fully saturated rings. The van der Waals surface area contributed by atoms with Gasteiger partial charge in [0.2, 0.25) is 5.91 Å². The topological polar surface area (TPSA) is 62.7 Å². The summed E-state index contributed by atoms with van der Waals surface area (Å²) in [6.45, 7) is 6.14. The van der Waals surface area contributed by atoms with Crippen LogP contribution < -0.4 is 0 Å².